The molecule has 0 bridgehead atoms. The molecular formula is C13H16FN3O3. The second kappa shape index (κ2) is 5.54. The largest absolute Gasteiger partial charge is 0.326 e. The second-order valence-corrected chi connectivity index (χ2v) is 5.25. The summed E-state index contributed by atoms with van der Waals surface area (Å²) in [6.07, 6.45) is 3.69. The molecule has 0 spiro atoms. The van der Waals surface area contributed by atoms with Gasteiger partial charge < -0.3 is 11.1 Å². The average molecular weight is 281 g/mol. The number of carbonyl (C=O) groups is 1. The molecule has 0 aliphatic heterocycles. The lowest BCUT2D eigenvalue weighted by Gasteiger charge is -2.22. The van der Waals surface area contributed by atoms with E-state index < -0.39 is 22.0 Å². The van der Waals surface area contributed by atoms with Crippen molar-refractivity contribution in [3.8, 4) is 0 Å². The molecule has 1 aliphatic carbocycles. The lowest BCUT2D eigenvalue weighted by Crippen LogP contribution is -2.40. The van der Waals surface area contributed by atoms with Crippen molar-refractivity contribution >= 4 is 17.3 Å². The normalized spacial score (nSPS) is 16.9. The first kappa shape index (κ1) is 14.4. The van der Waals surface area contributed by atoms with Crippen LogP contribution in [0.2, 0.25) is 0 Å². The highest BCUT2D eigenvalue weighted by Crippen LogP contribution is 2.30. The van der Waals surface area contributed by atoms with Crippen LogP contribution in [0.3, 0.4) is 0 Å². The number of nitrogens with two attached hydrogens (primary N) is 1. The number of benzene rings is 1. The number of hydrogen-bond donors (Lipinski definition) is 2. The summed E-state index contributed by atoms with van der Waals surface area (Å²) in [5.41, 5.74) is 5.24. The number of halogens is 1. The summed E-state index contributed by atoms with van der Waals surface area (Å²) in [7, 11) is 0. The monoisotopic (exact) mass is 281 g/mol. The van der Waals surface area contributed by atoms with Gasteiger partial charge in [-0.25, -0.2) is 4.39 Å². The van der Waals surface area contributed by atoms with Crippen molar-refractivity contribution in [2.24, 2.45) is 5.73 Å². The summed E-state index contributed by atoms with van der Waals surface area (Å²) < 4.78 is 13.2. The number of nitro groups is 1. The molecule has 20 heavy (non-hydrogen) atoms. The van der Waals surface area contributed by atoms with Gasteiger partial charge in [-0.3, -0.25) is 14.9 Å². The number of nitro benzene ring substituents is 1. The summed E-state index contributed by atoms with van der Waals surface area (Å²) in [6.45, 7) is 0. The fraction of sp³-hybridized carbons (Fsp3) is 0.462. The quantitative estimate of drug-likeness (QED) is 0.653. The number of nitrogens with zero attached hydrogens (tertiary/aromatic N) is 1. The Bertz CT molecular complexity index is 542. The molecule has 1 amide bonds. The molecule has 0 radical (unpaired) electrons. The predicted octanol–water partition coefficient (Wildman–Crippen LogP) is 2.33. The van der Waals surface area contributed by atoms with E-state index in [4.69, 9.17) is 5.73 Å². The minimum Gasteiger partial charge on any atom is -0.326 e. The van der Waals surface area contributed by atoms with Crippen LogP contribution in [0.5, 0.6) is 0 Å². The maximum absolute atomic E-state index is 13.2. The molecule has 2 rings (SSSR count). The third-order valence-electron chi connectivity index (χ3n) is 3.49. The van der Waals surface area contributed by atoms with Crippen molar-refractivity contribution in [2.45, 2.75) is 37.6 Å². The first-order valence-electron chi connectivity index (χ1n) is 6.42. The highest BCUT2D eigenvalue weighted by molar-refractivity contribution is 5.91. The Morgan fingerprint density at radius 2 is 2.05 bits per heavy atom. The standard InChI is InChI=1S/C13H16FN3O3/c14-9-5-10(7-11(6-9)17(19)20)16-12(18)8-13(15)3-1-2-4-13/h5-7H,1-4,8,15H2,(H,16,18). The van der Waals surface area contributed by atoms with E-state index in [-0.39, 0.29) is 18.0 Å². The molecule has 0 unspecified atom stereocenters. The van der Waals surface area contributed by atoms with Gasteiger partial charge in [-0.05, 0) is 18.9 Å². The maximum Gasteiger partial charge on any atom is 0.274 e. The van der Waals surface area contributed by atoms with Gasteiger partial charge in [-0.1, -0.05) is 12.8 Å². The first-order valence-corrected chi connectivity index (χ1v) is 6.42. The summed E-state index contributed by atoms with van der Waals surface area (Å²) in [5, 5.41) is 13.1. The van der Waals surface area contributed by atoms with E-state index in [2.05, 4.69) is 5.32 Å². The number of nitrogens with one attached hydrogen (secondary N) is 1. The Morgan fingerprint density at radius 3 is 2.65 bits per heavy atom. The van der Waals surface area contributed by atoms with Crippen LogP contribution >= 0.6 is 0 Å². The summed E-state index contributed by atoms with van der Waals surface area (Å²) in [4.78, 5) is 21.8. The number of anilines is 1. The van der Waals surface area contributed by atoms with E-state index in [1.54, 1.807) is 0 Å². The summed E-state index contributed by atoms with van der Waals surface area (Å²) in [5.74, 6) is -1.12. The summed E-state index contributed by atoms with van der Waals surface area (Å²) >= 11 is 0. The molecule has 1 aromatic rings. The van der Waals surface area contributed by atoms with Gasteiger partial charge in [0.15, 0.2) is 0 Å². The van der Waals surface area contributed by atoms with Crippen molar-refractivity contribution in [1.29, 1.82) is 0 Å². The van der Waals surface area contributed by atoms with Gasteiger partial charge in [0, 0.05) is 18.0 Å². The van der Waals surface area contributed by atoms with Crippen LogP contribution < -0.4 is 11.1 Å². The highest BCUT2D eigenvalue weighted by Gasteiger charge is 2.31. The minimum absolute atomic E-state index is 0.0725. The van der Waals surface area contributed by atoms with Crippen molar-refractivity contribution in [3.05, 3.63) is 34.1 Å². The van der Waals surface area contributed by atoms with Gasteiger partial charge in [0.05, 0.1) is 16.7 Å². The van der Waals surface area contributed by atoms with E-state index in [1.807, 2.05) is 0 Å². The molecule has 0 aromatic heterocycles. The average Bonchev–Trinajstić information content (AvgIpc) is 2.74. The zero-order chi connectivity index (χ0) is 14.8. The zero-order valence-corrected chi connectivity index (χ0v) is 10.9. The Kier molecular flexibility index (Phi) is 3.99. The fourth-order valence-electron chi connectivity index (χ4n) is 2.53. The maximum atomic E-state index is 13.2. The van der Waals surface area contributed by atoms with Crippen LogP contribution in [0, 0.1) is 15.9 Å². The van der Waals surface area contributed by atoms with E-state index in [0.717, 1.165) is 43.9 Å². The fourth-order valence-corrected chi connectivity index (χ4v) is 2.53. The summed E-state index contributed by atoms with van der Waals surface area (Å²) in [6, 6.07) is 2.97. The molecule has 1 aliphatic rings. The Labute approximate surface area is 115 Å². The van der Waals surface area contributed by atoms with Crippen LogP contribution in [0.25, 0.3) is 0 Å². The number of amides is 1. The smallest absolute Gasteiger partial charge is 0.274 e. The molecule has 0 saturated heterocycles. The topological polar surface area (TPSA) is 98.3 Å². The van der Waals surface area contributed by atoms with Crippen LogP contribution in [-0.2, 0) is 4.79 Å². The van der Waals surface area contributed by atoms with Gasteiger partial charge in [-0.2, -0.15) is 0 Å². The van der Waals surface area contributed by atoms with Gasteiger partial charge in [0.25, 0.3) is 5.69 Å². The molecule has 1 aromatic carbocycles. The van der Waals surface area contributed by atoms with E-state index in [1.165, 1.54) is 0 Å². The second-order valence-electron chi connectivity index (χ2n) is 5.25. The molecular weight excluding hydrogens is 265 g/mol. The van der Waals surface area contributed by atoms with E-state index >= 15 is 0 Å². The molecule has 108 valence electrons. The van der Waals surface area contributed by atoms with Crippen LogP contribution in [-0.4, -0.2) is 16.4 Å². The highest BCUT2D eigenvalue weighted by atomic mass is 19.1. The molecule has 0 atom stereocenters. The van der Waals surface area contributed by atoms with Crippen molar-refractivity contribution in [3.63, 3.8) is 0 Å². The van der Waals surface area contributed by atoms with Gasteiger partial charge in [-0.15, -0.1) is 0 Å². The van der Waals surface area contributed by atoms with Crippen LogP contribution in [0.1, 0.15) is 32.1 Å². The molecule has 6 nitrogen and oxygen atoms in total. The van der Waals surface area contributed by atoms with Crippen LogP contribution in [0.4, 0.5) is 15.8 Å². The van der Waals surface area contributed by atoms with Crippen LogP contribution in [0.15, 0.2) is 18.2 Å². The van der Waals surface area contributed by atoms with E-state index in [9.17, 15) is 19.3 Å². The van der Waals surface area contributed by atoms with Gasteiger partial charge in [0.2, 0.25) is 5.91 Å². The lowest BCUT2D eigenvalue weighted by atomic mass is 9.94. The third-order valence-corrected chi connectivity index (χ3v) is 3.49. The number of rotatable bonds is 4. The molecule has 0 heterocycles. The molecule has 7 heteroatoms. The predicted molar refractivity (Wildman–Crippen MR) is 71.7 cm³/mol. The Morgan fingerprint density at radius 1 is 1.40 bits per heavy atom. The molecule has 3 N–H and O–H groups in total. The minimum atomic E-state index is -0.766. The number of hydrogen-bond acceptors (Lipinski definition) is 4. The molecule has 1 saturated carbocycles. The van der Waals surface area contributed by atoms with E-state index in [0.29, 0.717) is 0 Å². The van der Waals surface area contributed by atoms with Crippen molar-refractivity contribution < 1.29 is 14.1 Å². The van der Waals surface area contributed by atoms with Gasteiger partial charge in [0.1, 0.15) is 5.82 Å². The van der Waals surface area contributed by atoms with Gasteiger partial charge >= 0.3 is 0 Å². The third kappa shape index (κ3) is 3.51. The Hall–Kier alpha value is -2.02. The van der Waals surface area contributed by atoms with Crippen molar-refractivity contribution in [2.75, 3.05) is 5.32 Å². The number of carbonyl (C=O) groups excluding carboxylic acids is 1. The first-order chi connectivity index (χ1) is 9.38. The molecule has 1 fully saturated rings. The lowest BCUT2D eigenvalue weighted by molar-refractivity contribution is -0.385. The number of non-ortho nitro benzene ring substituents is 1. The SMILES string of the molecule is NC1(CC(=O)Nc2cc(F)cc([N+](=O)[O-])c2)CCCC1. The van der Waals surface area contributed by atoms with Crippen molar-refractivity contribution in [1.82, 2.24) is 0 Å². The zero-order valence-electron chi connectivity index (χ0n) is 10.9. The Balaban J connectivity index is 2.05.